The van der Waals surface area contributed by atoms with Crippen LogP contribution in [-0.2, 0) is 4.74 Å². The quantitative estimate of drug-likeness (QED) is 0.852. The summed E-state index contributed by atoms with van der Waals surface area (Å²) in [5.41, 5.74) is 0.518. The minimum atomic E-state index is -0.326. The van der Waals surface area contributed by atoms with Crippen molar-refractivity contribution < 1.29 is 14.6 Å². The molecule has 0 saturated carbocycles. The van der Waals surface area contributed by atoms with Crippen LogP contribution in [0.1, 0.15) is 37.0 Å². The van der Waals surface area contributed by atoms with Crippen molar-refractivity contribution in [1.29, 1.82) is 0 Å². The molecule has 1 aromatic rings. The number of hydrogen-bond acceptors (Lipinski definition) is 5. The fraction of sp³-hybridized carbons (Fsp3) is 0.600. The molecule has 1 unspecified atom stereocenters. The highest BCUT2D eigenvalue weighted by molar-refractivity contribution is 5.94. The van der Waals surface area contributed by atoms with E-state index in [1.54, 1.807) is 25.3 Å². The number of nitrogens with zero attached hydrogens (tertiary/aromatic N) is 2. The summed E-state index contributed by atoms with van der Waals surface area (Å²) in [7, 11) is 0. The van der Waals surface area contributed by atoms with Gasteiger partial charge in [0.15, 0.2) is 0 Å². The molecule has 110 valence electrons. The Hall–Kier alpha value is -1.62. The molecule has 2 rings (SSSR count). The third-order valence-corrected chi connectivity index (χ3v) is 3.80. The zero-order chi connectivity index (χ0) is 14.5. The fourth-order valence-corrected chi connectivity index (χ4v) is 2.61. The monoisotopic (exact) mass is 278 g/mol. The number of ether oxygens (including phenoxy) is 1. The minimum Gasteiger partial charge on any atom is -0.462 e. The van der Waals surface area contributed by atoms with E-state index < -0.39 is 0 Å². The van der Waals surface area contributed by atoms with Gasteiger partial charge in [0.1, 0.15) is 11.4 Å². The van der Waals surface area contributed by atoms with Crippen LogP contribution in [0.15, 0.2) is 18.3 Å². The van der Waals surface area contributed by atoms with Crippen molar-refractivity contribution in [1.82, 2.24) is 4.98 Å². The second-order valence-corrected chi connectivity index (χ2v) is 5.16. The number of esters is 1. The number of carbonyl (C=O) groups is 1. The molecule has 0 radical (unpaired) electrons. The van der Waals surface area contributed by atoms with Gasteiger partial charge < -0.3 is 14.7 Å². The van der Waals surface area contributed by atoms with Crippen LogP contribution in [0, 0.1) is 5.92 Å². The number of aromatic nitrogens is 1. The summed E-state index contributed by atoms with van der Waals surface area (Å²) in [5.74, 6) is 0.698. The smallest absolute Gasteiger partial charge is 0.341 e. The van der Waals surface area contributed by atoms with Crippen LogP contribution in [0.25, 0.3) is 0 Å². The van der Waals surface area contributed by atoms with Crippen LogP contribution in [0.3, 0.4) is 0 Å². The number of hydrogen-bond donors (Lipinski definition) is 1. The van der Waals surface area contributed by atoms with E-state index in [9.17, 15) is 9.90 Å². The Morgan fingerprint density at radius 2 is 2.25 bits per heavy atom. The Morgan fingerprint density at radius 3 is 2.85 bits per heavy atom. The van der Waals surface area contributed by atoms with Crippen molar-refractivity contribution in [2.24, 2.45) is 5.92 Å². The Bertz CT molecular complexity index is 454. The van der Waals surface area contributed by atoms with E-state index in [-0.39, 0.29) is 12.1 Å². The number of anilines is 1. The lowest BCUT2D eigenvalue weighted by Gasteiger charge is -2.34. The summed E-state index contributed by atoms with van der Waals surface area (Å²) in [6.07, 6.45) is 3.25. The maximum atomic E-state index is 12.0. The van der Waals surface area contributed by atoms with Gasteiger partial charge in [0.25, 0.3) is 0 Å². The van der Waals surface area contributed by atoms with Crippen LogP contribution in [0.2, 0.25) is 0 Å². The first kappa shape index (κ1) is 14.8. The van der Waals surface area contributed by atoms with Gasteiger partial charge in [-0.25, -0.2) is 9.78 Å². The molecule has 1 N–H and O–H groups in total. The highest BCUT2D eigenvalue weighted by atomic mass is 16.5. The molecular formula is C15H22N2O3. The van der Waals surface area contributed by atoms with Crippen LogP contribution >= 0.6 is 0 Å². The molecule has 1 saturated heterocycles. The van der Waals surface area contributed by atoms with Gasteiger partial charge in [0.2, 0.25) is 0 Å². The third kappa shape index (κ3) is 3.28. The molecule has 1 atom stereocenters. The molecule has 0 aliphatic carbocycles. The van der Waals surface area contributed by atoms with Gasteiger partial charge in [-0.15, -0.1) is 0 Å². The molecule has 0 spiro atoms. The Labute approximate surface area is 119 Å². The predicted octanol–water partition coefficient (Wildman–Crippen LogP) is 1.86. The molecule has 0 amide bonds. The number of aliphatic hydroxyl groups excluding tert-OH is 1. The normalized spacial score (nSPS) is 17.9. The van der Waals surface area contributed by atoms with Gasteiger partial charge in [0.05, 0.1) is 12.7 Å². The number of pyridine rings is 1. The average molecular weight is 278 g/mol. The summed E-state index contributed by atoms with van der Waals surface area (Å²) >= 11 is 0. The van der Waals surface area contributed by atoms with E-state index in [2.05, 4.69) is 9.88 Å². The van der Waals surface area contributed by atoms with Gasteiger partial charge in [-0.2, -0.15) is 0 Å². The van der Waals surface area contributed by atoms with Crippen molar-refractivity contribution in [3.05, 3.63) is 23.9 Å². The molecule has 20 heavy (non-hydrogen) atoms. The number of rotatable bonds is 4. The second-order valence-electron chi connectivity index (χ2n) is 5.16. The first-order valence-corrected chi connectivity index (χ1v) is 7.18. The average Bonchev–Trinajstić information content (AvgIpc) is 2.47. The van der Waals surface area contributed by atoms with E-state index in [0.717, 1.165) is 25.9 Å². The molecule has 2 heterocycles. The van der Waals surface area contributed by atoms with Crippen LogP contribution in [0.5, 0.6) is 0 Å². The third-order valence-electron chi connectivity index (χ3n) is 3.80. The lowest BCUT2D eigenvalue weighted by atomic mass is 9.92. The molecule has 0 aromatic carbocycles. The van der Waals surface area contributed by atoms with Crippen molar-refractivity contribution in [2.45, 2.75) is 32.8 Å². The molecule has 5 heteroatoms. The van der Waals surface area contributed by atoms with Crippen molar-refractivity contribution in [3.63, 3.8) is 0 Å². The lowest BCUT2D eigenvalue weighted by Crippen LogP contribution is -2.38. The van der Waals surface area contributed by atoms with Crippen molar-refractivity contribution in [2.75, 3.05) is 24.6 Å². The van der Waals surface area contributed by atoms with E-state index in [4.69, 9.17) is 4.74 Å². The van der Waals surface area contributed by atoms with Crippen LogP contribution in [-0.4, -0.2) is 41.9 Å². The summed E-state index contributed by atoms with van der Waals surface area (Å²) in [5, 5.41) is 9.64. The SMILES string of the molecule is CCOC(=O)c1cccnc1N1CCC(C(C)O)CC1. The second kappa shape index (κ2) is 6.70. The van der Waals surface area contributed by atoms with Crippen molar-refractivity contribution in [3.8, 4) is 0 Å². The first-order valence-electron chi connectivity index (χ1n) is 7.18. The number of piperidine rings is 1. The van der Waals surface area contributed by atoms with Gasteiger partial charge in [-0.1, -0.05) is 0 Å². The molecule has 1 aromatic heterocycles. The number of aliphatic hydroxyl groups is 1. The first-order chi connectivity index (χ1) is 9.63. The number of carbonyl (C=O) groups excluding carboxylic acids is 1. The largest absolute Gasteiger partial charge is 0.462 e. The van der Waals surface area contributed by atoms with Crippen LogP contribution < -0.4 is 4.90 Å². The summed E-state index contributed by atoms with van der Waals surface area (Å²) in [4.78, 5) is 18.4. The highest BCUT2D eigenvalue weighted by Crippen LogP contribution is 2.26. The molecule has 0 bridgehead atoms. The van der Waals surface area contributed by atoms with E-state index in [1.807, 2.05) is 6.92 Å². The minimum absolute atomic E-state index is 0.273. The predicted molar refractivity (Wildman–Crippen MR) is 76.8 cm³/mol. The zero-order valence-electron chi connectivity index (χ0n) is 12.1. The van der Waals surface area contributed by atoms with E-state index in [0.29, 0.717) is 23.9 Å². The van der Waals surface area contributed by atoms with E-state index in [1.165, 1.54) is 0 Å². The lowest BCUT2D eigenvalue weighted by molar-refractivity contribution is 0.0526. The van der Waals surface area contributed by atoms with Gasteiger partial charge in [-0.05, 0) is 44.7 Å². The Balaban J connectivity index is 2.12. The molecule has 1 aliphatic heterocycles. The van der Waals surface area contributed by atoms with Gasteiger partial charge in [-0.3, -0.25) is 0 Å². The maximum absolute atomic E-state index is 12.0. The molecule has 5 nitrogen and oxygen atoms in total. The van der Waals surface area contributed by atoms with Crippen molar-refractivity contribution >= 4 is 11.8 Å². The maximum Gasteiger partial charge on any atom is 0.341 e. The highest BCUT2D eigenvalue weighted by Gasteiger charge is 2.26. The summed E-state index contributed by atoms with van der Waals surface area (Å²) in [6, 6.07) is 3.50. The molecular weight excluding hydrogens is 256 g/mol. The molecule has 1 fully saturated rings. The van der Waals surface area contributed by atoms with Crippen LogP contribution in [0.4, 0.5) is 5.82 Å². The zero-order valence-corrected chi connectivity index (χ0v) is 12.1. The van der Waals surface area contributed by atoms with Gasteiger partial charge >= 0.3 is 5.97 Å². The van der Waals surface area contributed by atoms with E-state index >= 15 is 0 Å². The summed E-state index contributed by atoms with van der Waals surface area (Å²) in [6.45, 7) is 5.60. The Morgan fingerprint density at radius 1 is 1.55 bits per heavy atom. The molecule has 1 aliphatic rings. The van der Waals surface area contributed by atoms with Gasteiger partial charge in [0, 0.05) is 19.3 Å². The fourth-order valence-electron chi connectivity index (χ4n) is 2.61. The summed E-state index contributed by atoms with van der Waals surface area (Å²) < 4.78 is 5.07. The Kier molecular flexibility index (Phi) is 4.95. The topological polar surface area (TPSA) is 62.7 Å². The standard InChI is InChI=1S/C15H22N2O3/c1-3-20-15(19)13-5-4-8-16-14(13)17-9-6-12(7-10-17)11(2)18/h4-5,8,11-12,18H,3,6-7,9-10H2,1-2H3.